The van der Waals surface area contributed by atoms with Gasteiger partial charge in [0.2, 0.25) is 0 Å². The van der Waals surface area contributed by atoms with Crippen molar-refractivity contribution < 1.29 is 4.39 Å². The zero-order valence-electron chi connectivity index (χ0n) is 11.9. The Kier molecular flexibility index (Phi) is 3.92. The summed E-state index contributed by atoms with van der Waals surface area (Å²) in [4.78, 5) is 10.8. The second-order valence-corrected chi connectivity index (χ2v) is 5.18. The maximum absolute atomic E-state index is 13.1. The summed E-state index contributed by atoms with van der Waals surface area (Å²) in [5.41, 5.74) is 1.82. The number of imidazole rings is 1. The lowest BCUT2D eigenvalue weighted by Crippen LogP contribution is -2.23. The third-order valence-electron chi connectivity index (χ3n) is 3.44. The predicted molar refractivity (Wildman–Crippen MR) is 80.3 cm³/mol. The predicted octanol–water partition coefficient (Wildman–Crippen LogP) is 2.70. The average molecular weight is 284 g/mol. The SMILES string of the molecule is CN(CCn1ccnc1)Cc1ccc2cc(F)ccc2n1. The molecule has 1 aromatic carbocycles. The Balaban J connectivity index is 1.65. The van der Waals surface area contributed by atoms with E-state index < -0.39 is 0 Å². The van der Waals surface area contributed by atoms with Crippen LogP contribution in [-0.4, -0.2) is 33.0 Å². The monoisotopic (exact) mass is 284 g/mol. The Labute approximate surface area is 122 Å². The van der Waals surface area contributed by atoms with Gasteiger partial charge in [-0.25, -0.2) is 9.37 Å². The first kappa shape index (κ1) is 13.7. The molecule has 0 N–H and O–H groups in total. The smallest absolute Gasteiger partial charge is 0.123 e. The quantitative estimate of drug-likeness (QED) is 0.722. The molecule has 0 saturated carbocycles. The van der Waals surface area contributed by atoms with E-state index in [9.17, 15) is 4.39 Å². The minimum absolute atomic E-state index is 0.227. The first-order valence-electron chi connectivity index (χ1n) is 6.90. The Bertz CT molecular complexity index is 724. The van der Waals surface area contributed by atoms with Crippen LogP contribution in [0.25, 0.3) is 10.9 Å². The Hall–Kier alpha value is -2.27. The van der Waals surface area contributed by atoms with Gasteiger partial charge in [0.15, 0.2) is 0 Å². The van der Waals surface area contributed by atoms with Gasteiger partial charge < -0.3 is 4.57 Å². The second kappa shape index (κ2) is 6.01. The molecule has 3 rings (SSSR count). The van der Waals surface area contributed by atoms with E-state index in [1.165, 1.54) is 12.1 Å². The van der Waals surface area contributed by atoms with Gasteiger partial charge in [0.05, 0.1) is 17.5 Å². The van der Waals surface area contributed by atoms with Crippen LogP contribution in [0, 0.1) is 5.82 Å². The molecule has 108 valence electrons. The van der Waals surface area contributed by atoms with Gasteiger partial charge in [0.1, 0.15) is 5.82 Å². The van der Waals surface area contributed by atoms with Crippen LogP contribution in [0.1, 0.15) is 5.69 Å². The molecule has 4 nitrogen and oxygen atoms in total. The van der Waals surface area contributed by atoms with Gasteiger partial charge in [-0.15, -0.1) is 0 Å². The molecule has 2 aromatic heterocycles. The van der Waals surface area contributed by atoms with Gasteiger partial charge in [-0.1, -0.05) is 6.07 Å². The number of hydrogen-bond acceptors (Lipinski definition) is 3. The number of rotatable bonds is 5. The van der Waals surface area contributed by atoms with Crippen molar-refractivity contribution in [3.05, 3.63) is 60.6 Å². The van der Waals surface area contributed by atoms with Crippen molar-refractivity contribution in [2.24, 2.45) is 0 Å². The van der Waals surface area contributed by atoms with Gasteiger partial charge in [-0.2, -0.15) is 0 Å². The lowest BCUT2D eigenvalue weighted by atomic mass is 10.2. The molecular formula is C16H17FN4. The van der Waals surface area contributed by atoms with Crippen molar-refractivity contribution in [2.45, 2.75) is 13.1 Å². The number of nitrogens with zero attached hydrogens (tertiary/aromatic N) is 4. The lowest BCUT2D eigenvalue weighted by Gasteiger charge is -2.16. The summed E-state index contributed by atoms with van der Waals surface area (Å²) in [5.74, 6) is -0.227. The molecule has 0 aliphatic heterocycles. The topological polar surface area (TPSA) is 34.0 Å². The fraction of sp³-hybridized carbons (Fsp3) is 0.250. The maximum Gasteiger partial charge on any atom is 0.123 e. The Morgan fingerprint density at radius 1 is 1.24 bits per heavy atom. The highest BCUT2D eigenvalue weighted by molar-refractivity contribution is 5.78. The molecule has 0 radical (unpaired) electrons. The van der Waals surface area contributed by atoms with E-state index in [0.29, 0.717) is 0 Å². The molecule has 3 aromatic rings. The number of pyridine rings is 1. The molecule has 5 heteroatoms. The second-order valence-electron chi connectivity index (χ2n) is 5.18. The van der Waals surface area contributed by atoms with Gasteiger partial charge in [-0.3, -0.25) is 9.88 Å². The van der Waals surface area contributed by atoms with Gasteiger partial charge in [0, 0.05) is 37.4 Å². The normalized spacial score (nSPS) is 11.4. The first-order chi connectivity index (χ1) is 10.2. The number of halogens is 1. The largest absolute Gasteiger partial charge is 0.336 e. The van der Waals surface area contributed by atoms with Crippen LogP contribution in [-0.2, 0) is 13.1 Å². The van der Waals surface area contributed by atoms with E-state index >= 15 is 0 Å². The summed E-state index contributed by atoms with van der Waals surface area (Å²) in [6.07, 6.45) is 5.55. The molecule has 0 fully saturated rings. The van der Waals surface area contributed by atoms with Crippen LogP contribution < -0.4 is 0 Å². The number of aromatic nitrogens is 3. The third kappa shape index (κ3) is 3.44. The zero-order valence-corrected chi connectivity index (χ0v) is 11.9. The zero-order chi connectivity index (χ0) is 14.7. The number of fused-ring (bicyclic) bond motifs is 1. The molecule has 0 aliphatic carbocycles. The van der Waals surface area contributed by atoms with Crippen molar-refractivity contribution in [3.63, 3.8) is 0 Å². The number of hydrogen-bond donors (Lipinski definition) is 0. The van der Waals surface area contributed by atoms with Gasteiger partial charge in [-0.05, 0) is 31.3 Å². The van der Waals surface area contributed by atoms with E-state index in [0.717, 1.165) is 36.2 Å². The van der Waals surface area contributed by atoms with E-state index in [1.54, 1.807) is 12.3 Å². The van der Waals surface area contributed by atoms with Crippen molar-refractivity contribution in [3.8, 4) is 0 Å². The van der Waals surface area contributed by atoms with Crippen molar-refractivity contribution >= 4 is 10.9 Å². The van der Waals surface area contributed by atoms with Crippen LogP contribution in [0.4, 0.5) is 4.39 Å². The summed E-state index contributed by atoms with van der Waals surface area (Å²) >= 11 is 0. The van der Waals surface area contributed by atoms with E-state index in [1.807, 2.05) is 29.2 Å². The van der Waals surface area contributed by atoms with Crippen molar-refractivity contribution in [1.29, 1.82) is 0 Å². The highest BCUT2D eigenvalue weighted by Crippen LogP contribution is 2.14. The van der Waals surface area contributed by atoms with Crippen LogP contribution in [0.15, 0.2) is 49.1 Å². The molecule has 0 aliphatic rings. The molecule has 0 bridgehead atoms. The molecule has 0 spiro atoms. The number of benzene rings is 1. The standard InChI is InChI=1S/C16H17FN4/c1-20(8-9-21-7-6-18-12-21)11-15-4-2-13-10-14(17)3-5-16(13)19-15/h2-7,10,12H,8-9,11H2,1H3. The fourth-order valence-corrected chi connectivity index (χ4v) is 2.29. The van der Waals surface area contributed by atoms with Crippen molar-refractivity contribution in [1.82, 2.24) is 19.4 Å². The first-order valence-corrected chi connectivity index (χ1v) is 6.90. The van der Waals surface area contributed by atoms with Crippen LogP contribution in [0.2, 0.25) is 0 Å². The lowest BCUT2D eigenvalue weighted by molar-refractivity contribution is 0.308. The average Bonchev–Trinajstić information content (AvgIpc) is 2.99. The van der Waals surface area contributed by atoms with E-state index in [2.05, 4.69) is 21.9 Å². The van der Waals surface area contributed by atoms with Crippen molar-refractivity contribution in [2.75, 3.05) is 13.6 Å². The molecule has 0 atom stereocenters. The summed E-state index contributed by atoms with van der Waals surface area (Å²) in [6, 6.07) is 8.55. The van der Waals surface area contributed by atoms with Crippen LogP contribution >= 0.6 is 0 Å². The summed E-state index contributed by atoms with van der Waals surface area (Å²) in [7, 11) is 2.06. The molecular weight excluding hydrogens is 267 g/mol. The third-order valence-corrected chi connectivity index (χ3v) is 3.44. The van der Waals surface area contributed by atoms with Gasteiger partial charge >= 0.3 is 0 Å². The molecule has 21 heavy (non-hydrogen) atoms. The summed E-state index contributed by atoms with van der Waals surface area (Å²) in [5, 5.41) is 0.833. The highest BCUT2D eigenvalue weighted by Gasteiger charge is 2.04. The molecule has 0 unspecified atom stereocenters. The summed E-state index contributed by atoms with van der Waals surface area (Å²) < 4.78 is 15.2. The molecule has 0 saturated heterocycles. The van der Waals surface area contributed by atoms with E-state index in [4.69, 9.17) is 0 Å². The van der Waals surface area contributed by atoms with E-state index in [-0.39, 0.29) is 5.82 Å². The highest BCUT2D eigenvalue weighted by atomic mass is 19.1. The molecule has 2 heterocycles. The summed E-state index contributed by atoms with van der Waals surface area (Å²) in [6.45, 7) is 2.58. The van der Waals surface area contributed by atoms with Gasteiger partial charge in [0.25, 0.3) is 0 Å². The Morgan fingerprint density at radius 3 is 2.95 bits per heavy atom. The number of likely N-dealkylation sites (N-methyl/N-ethyl adjacent to an activating group) is 1. The fourth-order valence-electron chi connectivity index (χ4n) is 2.29. The maximum atomic E-state index is 13.1. The minimum atomic E-state index is -0.227. The molecule has 0 amide bonds. The van der Waals surface area contributed by atoms with Crippen LogP contribution in [0.3, 0.4) is 0 Å². The minimum Gasteiger partial charge on any atom is -0.336 e. The van der Waals surface area contributed by atoms with Crippen LogP contribution in [0.5, 0.6) is 0 Å². The Morgan fingerprint density at radius 2 is 2.14 bits per heavy atom.